The summed E-state index contributed by atoms with van der Waals surface area (Å²) >= 11 is 0. The third kappa shape index (κ3) is 12.7. The topological polar surface area (TPSA) is 97.4 Å². The highest BCUT2D eigenvalue weighted by atomic mass is 16.6. The first-order valence-electron chi connectivity index (χ1n) is 25.9. The Kier molecular flexibility index (Phi) is 17.9. The van der Waals surface area contributed by atoms with Gasteiger partial charge in [-0.05, 0) is 176 Å². The van der Waals surface area contributed by atoms with E-state index in [2.05, 4.69) is 186 Å². The molecule has 0 aromatic heterocycles. The number of rotatable bonds is 21. The molecular weight excluding hydrogens is 895 g/mol. The first-order chi connectivity index (χ1) is 34.7. The fourth-order valence-corrected chi connectivity index (χ4v) is 10.6. The Morgan fingerprint density at radius 2 is 1.11 bits per heavy atom. The van der Waals surface area contributed by atoms with Crippen molar-refractivity contribution in [3.05, 3.63) is 177 Å². The number of carbonyl (C=O) groups excluding carboxylic acids is 3. The average molecular weight is 969 g/mol. The van der Waals surface area contributed by atoms with Gasteiger partial charge in [0.2, 0.25) is 0 Å². The van der Waals surface area contributed by atoms with Crippen LogP contribution in [0.2, 0.25) is 0 Å². The molecule has 1 aliphatic rings. The number of ether oxygens (including phenoxy) is 3. The van der Waals surface area contributed by atoms with Crippen LogP contribution in [0.1, 0.15) is 122 Å². The maximum Gasteiger partial charge on any atom is 0.333 e. The summed E-state index contributed by atoms with van der Waals surface area (Å²) in [4.78, 5) is 42.1. The van der Waals surface area contributed by atoms with Gasteiger partial charge in [0, 0.05) is 40.8 Å². The largest absolute Gasteiger partial charge is 0.462 e. The number of hydrogen-bond donors (Lipinski definition) is 1. The zero-order valence-electron chi connectivity index (χ0n) is 44.1. The second kappa shape index (κ2) is 24.4. The van der Waals surface area contributed by atoms with Gasteiger partial charge in [-0.25, -0.2) is 4.79 Å². The Hall–Kier alpha value is -7.00. The fourth-order valence-electron chi connectivity index (χ4n) is 10.6. The fraction of sp³-hybridized carbons (Fsp3) is 0.365. The summed E-state index contributed by atoms with van der Waals surface area (Å²) in [5, 5.41) is 6.01. The van der Waals surface area contributed by atoms with Crippen molar-refractivity contribution < 1.29 is 28.6 Å². The van der Waals surface area contributed by atoms with Crippen LogP contribution in [0.15, 0.2) is 121 Å². The SMILES string of the molecule is C=C(C)C(=O)OCCOC(=O)CCC(=O)OC1CCCCC1Nc1ccc([C+](c2ccc(N(CCC)c3c(C)cc(C)cc3C)cc2)c2ccc(N(CCC)c3c(C)cc(C)cc3C)cc2)c2ccccc12. The van der Waals surface area contributed by atoms with Crippen molar-refractivity contribution in [3.63, 3.8) is 0 Å². The summed E-state index contributed by atoms with van der Waals surface area (Å²) in [6.07, 6.45) is 4.95. The van der Waals surface area contributed by atoms with Gasteiger partial charge < -0.3 is 29.3 Å². The van der Waals surface area contributed by atoms with Crippen molar-refractivity contribution in [2.24, 2.45) is 0 Å². The normalized spacial score (nSPS) is 14.3. The van der Waals surface area contributed by atoms with E-state index >= 15 is 0 Å². The molecule has 9 heteroatoms. The molecule has 0 heterocycles. The number of benzene rings is 6. The number of esters is 3. The number of nitrogens with zero attached hydrogens (tertiary/aromatic N) is 2. The van der Waals surface area contributed by atoms with Crippen LogP contribution in [0.3, 0.4) is 0 Å². The van der Waals surface area contributed by atoms with Crippen molar-refractivity contribution >= 4 is 57.1 Å². The number of fused-ring (bicyclic) bond motifs is 1. The van der Waals surface area contributed by atoms with Gasteiger partial charge in [0.25, 0.3) is 0 Å². The van der Waals surface area contributed by atoms with E-state index in [4.69, 9.17) is 14.2 Å². The number of nitrogens with one attached hydrogen (secondary N) is 1. The molecule has 1 aliphatic carbocycles. The molecule has 0 spiro atoms. The van der Waals surface area contributed by atoms with E-state index in [1.165, 1.54) is 44.8 Å². The van der Waals surface area contributed by atoms with Crippen molar-refractivity contribution in [1.29, 1.82) is 0 Å². The molecule has 7 rings (SSSR count). The molecule has 0 radical (unpaired) electrons. The van der Waals surface area contributed by atoms with Gasteiger partial charge in [0.1, 0.15) is 19.3 Å². The Labute approximate surface area is 428 Å². The third-order valence-electron chi connectivity index (χ3n) is 13.6. The molecule has 6 aromatic carbocycles. The monoisotopic (exact) mass is 969 g/mol. The maximum atomic E-state index is 13.2. The summed E-state index contributed by atoms with van der Waals surface area (Å²) < 4.78 is 16.2. The van der Waals surface area contributed by atoms with E-state index in [0.717, 1.165) is 102 Å². The van der Waals surface area contributed by atoms with Gasteiger partial charge in [0.05, 0.1) is 58.6 Å². The number of anilines is 5. The van der Waals surface area contributed by atoms with Gasteiger partial charge in [-0.1, -0.05) is 74.4 Å². The lowest BCUT2D eigenvalue weighted by atomic mass is 9.82. The van der Waals surface area contributed by atoms with E-state index < -0.39 is 17.9 Å². The lowest BCUT2D eigenvalue weighted by Gasteiger charge is -2.33. The minimum Gasteiger partial charge on any atom is -0.462 e. The van der Waals surface area contributed by atoms with Crippen LogP contribution < -0.4 is 15.1 Å². The van der Waals surface area contributed by atoms with Crippen molar-refractivity contribution in [2.75, 3.05) is 41.4 Å². The Balaban J connectivity index is 1.20. The first-order valence-corrected chi connectivity index (χ1v) is 25.9. The highest BCUT2D eigenvalue weighted by molar-refractivity contribution is 5.98. The molecule has 2 atom stereocenters. The minimum absolute atomic E-state index is 0.0779. The molecule has 9 nitrogen and oxygen atoms in total. The molecule has 6 aromatic rings. The molecule has 0 saturated heterocycles. The molecule has 0 bridgehead atoms. The Morgan fingerprint density at radius 1 is 0.625 bits per heavy atom. The molecule has 2 unspecified atom stereocenters. The first kappa shape index (κ1) is 52.8. The zero-order chi connectivity index (χ0) is 51.5. The van der Waals surface area contributed by atoms with Crippen LogP contribution in [-0.2, 0) is 28.6 Å². The van der Waals surface area contributed by atoms with Crippen LogP contribution in [0, 0.1) is 47.5 Å². The molecular formula is C63H74N3O6+. The second-order valence-electron chi connectivity index (χ2n) is 19.7. The molecule has 0 aliphatic heterocycles. The highest BCUT2D eigenvalue weighted by Gasteiger charge is 2.31. The number of hydrogen-bond acceptors (Lipinski definition) is 9. The number of carbonyl (C=O) groups is 3. The van der Waals surface area contributed by atoms with Crippen molar-refractivity contribution in [1.82, 2.24) is 0 Å². The summed E-state index contributed by atoms with van der Waals surface area (Å²) in [6, 6.07) is 40.2. The predicted molar refractivity (Wildman–Crippen MR) is 295 cm³/mol. The molecule has 376 valence electrons. The van der Waals surface area contributed by atoms with Crippen LogP contribution in [0.25, 0.3) is 10.8 Å². The summed E-state index contributed by atoms with van der Waals surface area (Å²) in [5.74, 6) is -0.402. The van der Waals surface area contributed by atoms with Crippen molar-refractivity contribution in [3.8, 4) is 0 Å². The van der Waals surface area contributed by atoms with Crippen LogP contribution in [0.5, 0.6) is 0 Å². The molecule has 1 saturated carbocycles. The average Bonchev–Trinajstić information content (AvgIpc) is 3.35. The lowest BCUT2D eigenvalue weighted by Crippen LogP contribution is -2.39. The van der Waals surface area contributed by atoms with Gasteiger partial charge in [-0.2, -0.15) is 0 Å². The Morgan fingerprint density at radius 3 is 1.62 bits per heavy atom. The summed E-state index contributed by atoms with van der Waals surface area (Å²) in [7, 11) is 0. The van der Waals surface area contributed by atoms with Crippen LogP contribution in [0.4, 0.5) is 28.4 Å². The van der Waals surface area contributed by atoms with E-state index in [1.807, 2.05) is 0 Å². The molecule has 0 amide bonds. The molecule has 72 heavy (non-hydrogen) atoms. The van der Waals surface area contributed by atoms with Gasteiger partial charge in [-0.3, -0.25) is 9.59 Å². The van der Waals surface area contributed by atoms with E-state index in [0.29, 0.717) is 0 Å². The predicted octanol–water partition coefficient (Wildman–Crippen LogP) is 14.5. The smallest absolute Gasteiger partial charge is 0.333 e. The number of aryl methyl sites for hydroxylation is 6. The van der Waals surface area contributed by atoms with Crippen LogP contribution in [-0.4, -0.2) is 56.4 Å². The van der Waals surface area contributed by atoms with E-state index in [-0.39, 0.29) is 43.8 Å². The van der Waals surface area contributed by atoms with Crippen LogP contribution >= 0.6 is 0 Å². The van der Waals surface area contributed by atoms with Gasteiger partial charge in [-0.15, -0.1) is 0 Å². The van der Waals surface area contributed by atoms with Gasteiger partial charge >= 0.3 is 17.9 Å². The molecule has 1 fully saturated rings. The summed E-state index contributed by atoms with van der Waals surface area (Å²) in [5.41, 5.74) is 17.1. The van der Waals surface area contributed by atoms with E-state index in [9.17, 15) is 14.4 Å². The second-order valence-corrected chi connectivity index (χ2v) is 19.7. The standard InChI is InChI=1S/C63H74N3O6/c1-11-33-65(61-44(7)37-42(5)38-45(61)8)50-25-21-48(22-26-50)60(49-23-27-51(28-24-49)66(34-12-2)62-46(9)39-43(6)40-47(62)10)54-29-30-55(53-18-14-13-17-52(53)54)64-56-19-15-16-20-57(56)72-59(68)32-31-58(67)70-35-36-71-63(69)41(3)4/h13-14,17-18,21-30,37-40,56-57,64H,3,11-12,15-16,19-20,31-36H2,1-2,4-10H3/q+1. The summed E-state index contributed by atoms with van der Waals surface area (Å²) in [6.45, 7) is 24.4. The van der Waals surface area contributed by atoms with E-state index in [1.54, 1.807) is 6.92 Å². The highest BCUT2D eigenvalue weighted by Crippen LogP contribution is 2.42. The zero-order valence-corrected chi connectivity index (χ0v) is 44.1. The van der Waals surface area contributed by atoms with Gasteiger partial charge in [0.15, 0.2) is 0 Å². The maximum absolute atomic E-state index is 13.2. The molecule has 1 N–H and O–H groups in total. The third-order valence-corrected chi connectivity index (χ3v) is 13.6. The lowest BCUT2D eigenvalue weighted by molar-refractivity contribution is -0.156. The quantitative estimate of drug-likeness (QED) is 0.0189. The minimum atomic E-state index is -0.553. The van der Waals surface area contributed by atoms with Crippen molar-refractivity contribution in [2.45, 2.75) is 126 Å². The Bertz CT molecular complexity index is 2710.